The zero-order chi connectivity index (χ0) is 38.2. The van der Waals surface area contributed by atoms with Gasteiger partial charge in [0.25, 0.3) is 17.7 Å². The summed E-state index contributed by atoms with van der Waals surface area (Å²) in [7, 11) is 3.11. The topological polar surface area (TPSA) is 168 Å². The number of allylic oxidation sites excluding steroid dienone is 1. The Balaban J connectivity index is 1.24. The lowest BCUT2D eigenvalue weighted by atomic mass is 9.82. The lowest BCUT2D eigenvalue weighted by molar-refractivity contribution is -0.139. The SMILES string of the molecule is COc1ccc(C(=O)Nc2cccc(CN3C(=O)[C@@](O)([C@@H](C)/C=C/CCn4cc(CCO)nn4)c4cc(NC(=O)c5ccc(OC)cc5)ccc43)c2)cc1. The fourth-order valence-electron chi connectivity index (χ4n) is 6.33. The van der Waals surface area contributed by atoms with E-state index < -0.39 is 17.4 Å². The molecule has 13 heteroatoms. The molecule has 0 spiro atoms. The Kier molecular flexibility index (Phi) is 11.5. The average Bonchev–Trinajstić information content (AvgIpc) is 3.73. The van der Waals surface area contributed by atoms with Crippen LogP contribution in [0.1, 0.15) is 50.9 Å². The predicted octanol–water partition coefficient (Wildman–Crippen LogP) is 5.35. The zero-order valence-corrected chi connectivity index (χ0v) is 30.2. The van der Waals surface area contributed by atoms with Crippen LogP contribution in [0.4, 0.5) is 17.1 Å². The number of hydrogen-bond donors (Lipinski definition) is 4. The van der Waals surface area contributed by atoms with Crippen LogP contribution in [0.2, 0.25) is 0 Å². The summed E-state index contributed by atoms with van der Waals surface area (Å²) in [6.45, 7) is 2.38. The molecule has 0 radical (unpaired) electrons. The first kappa shape index (κ1) is 37.4. The molecule has 278 valence electrons. The molecule has 2 heterocycles. The number of fused-ring (bicyclic) bond motifs is 1. The zero-order valence-electron chi connectivity index (χ0n) is 30.2. The van der Waals surface area contributed by atoms with Crippen molar-refractivity contribution < 1.29 is 34.1 Å². The van der Waals surface area contributed by atoms with Crippen LogP contribution in [0.5, 0.6) is 11.5 Å². The third-order valence-corrected chi connectivity index (χ3v) is 9.32. The quantitative estimate of drug-likeness (QED) is 0.104. The number of ether oxygens (including phenoxy) is 2. The molecule has 4 N–H and O–H groups in total. The lowest BCUT2D eigenvalue weighted by Gasteiger charge is -2.28. The minimum absolute atomic E-state index is 0.0132. The second kappa shape index (κ2) is 16.6. The van der Waals surface area contributed by atoms with Crippen molar-refractivity contribution in [3.05, 3.63) is 137 Å². The summed E-state index contributed by atoms with van der Waals surface area (Å²) in [6.07, 6.45) is 6.44. The third-order valence-electron chi connectivity index (χ3n) is 9.32. The van der Waals surface area contributed by atoms with Gasteiger partial charge in [-0.15, -0.1) is 5.10 Å². The molecule has 4 aromatic carbocycles. The van der Waals surface area contributed by atoms with Gasteiger partial charge in [-0.25, -0.2) is 0 Å². The van der Waals surface area contributed by atoms with E-state index in [0.29, 0.717) is 70.3 Å². The smallest absolute Gasteiger partial charge is 0.264 e. The summed E-state index contributed by atoms with van der Waals surface area (Å²) in [5.41, 5.74) is 2.12. The average molecular weight is 731 g/mol. The van der Waals surface area contributed by atoms with E-state index in [2.05, 4.69) is 20.9 Å². The van der Waals surface area contributed by atoms with Crippen LogP contribution in [-0.2, 0) is 29.9 Å². The number of aliphatic hydroxyl groups excluding tert-OH is 1. The van der Waals surface area contributed by atoms with E-state index >= 15 is 0 Å². The van der Waals surface area contributed by atoms with Crippen molar-refractivity contribution in [2.45, 2.75) is 38.5 Å². The maximum Gasteiger partial charge on any atom is 0.264 e. The summed E-state index contributed by atoms with van der Waals surface area (Å²) < 4.78 is 12.1. The van der Waals surface area contributed by atoms with Crippen LogP contribution in [-0.4, -0.2) is 63.8 Å². The van der Waals surface area contributed by atoms with Gasteiger partial charge < -0.3 is 35.2 Å². The summed E-state index contributed by atoms with van der Waals surface area (Å²) in [5.74, 6) is -0.596. The second-order valence-electron chi connectivity index (χ2n) is 12.9. The predicted molar refractivity (Wildman–Crippen MR) is 204 cm³/mol. The van der Waals surface area contributed by atoms with Crippen molar-refractivity contribution >= 4 is 34.8 Å². The number of rotatable bonds is 15. The van der Waals surface area contributed by atoms with Gasteiger partial charge in [-0.2, -0.15) is 0 Å². The molecule has 0 fully saturated rings. The first-order chi connectivity index (χ1) is 26.1. The van der Waals surface area contributed by atoms with Gasteiger partial charge in [0.05, 0.1) is 32.1 Å². The molecule has 5 aromatic rings. The molecule has 1 aliphatic rings. The monoisotopic (exact) mass is 730 g/mol. The maximum atomic E-state index is 14.4. The summed E-state index contributed by atoms with van der Waals surface area (Å²) in [4.78, 5) is 42.1. The van der Waals surface area contributed by atoms with Gasteiger partial charge in [-0.1, -0.05) is 36.4 Å². The number of nitrogens with one attached hydrogen (secondary N) is 2. The number of anilines is 3. The minimum atomic E-state index is -1.96. The number of benzene rings is 4. The second-order valence-corrected chi connectivity index (χ2v) is 12.9. The Morgan fingerprint density at radius 3 is 2.13 bits per heavy atom. The molecule has 6 rings (SSSR count). The number of aliphatic hydroxyl groups is 2. The number of carbonyl (C=O) groups is 3. The number of aryl methyl sites for hydroxylation is 1. The highest BCUT2D eigenvalue weighted by molar-refractivity contribution is 6.09. The largest absolute Gasteiger partial charge is 0.497 e. The van der Waals surface area contributed by atoms with E-state index in [-0.39, 0.29) is 25.0 Å². The van der Waals surface area contributed by atoms with E-state index in [4.69, 9.17) is 14.6 Å². The van der Waals surface area contributed by atoms with Crippen LogP contribution < -0.4 is 25.0 Å². The molecule has 0 aliphatic carbocycles. The van der Waals surface area contributed by atoms with E-state index in [1.807, 2.05) is 12.1 Å². The molecule has 2 atom stereocenters. The van der Waals surface area contributed by atoms with Crippen molar-refractivity contribution in [3.8, 4) is 11.5 Å². The Hall–Kier alpha value is -6.31. The van der Waals surface area contributed by atoms with Gasteiger partial charge in [0.2, 0.25) is 0 Å². The highest BCUT2D eigenvalue weighted by Crippen LogP contribution is 2.47. The van der Waals surface area contributed by atoms with Crippen LogP contribution in [0, 0.1) is 5.92 Å². The molecule has 1 aliphatic heterocycles. The van der Waals surface area contributed by atoms with E-state index in [1.165, 1.54) is 4.90 Å². The lowest BCUT2D eigenvalue weighted by Crippen LogP contribution is -2.44. The van der Waals surface area contributed by atoms with Crippen molar-refractivity contribution in [2.24, 2.45) is 5.92 Å². The van der Waals surface area contributed by atoms with E-state index in [1.54, 1.807) is 123 Å². The number of aromatic nitrogens is 3. The third kappa shape index (κ3) is 8.17. The van der Waals surface area contributed by atoms with Crippen molar-refractivity contribution in [2.75, 3.05) is 36.4 Å². The molecule has 54 heavy (non-hydrogen) atoms. The standard InChI is InChI=1S/C41H42N6O7/c1-27(7-4-5-21-46-26-33(20-22-48)44-45-46)41(52)36-24-32(43-39(50)30-12-17-35(54-3)18-13-30)14-19-37(36)47(40(41)51)25-28-8-6-9-31(23-28)42-38(49)29-10-15-34(53-2)16-11-29/h4,6-19,23-24,26-27,48,52H,5,20-22,25H2,1-3H3,(H,42,49)(H,43,50)/b7-4+/t27-,41+/m0/s1. The first-order valence-corrected chi connectivity index (χ1v) is 17.5. The number of methoxy groups -OCH3 is 2. The molecule has 0 saturated heterocycles. The Morgan fingerprint density at radius 2 is 1.52 bits per heavy atom. The molecule has 1 aromatic heterocycles. The van der Waals surface area contributed by atoms with Crippen LogP contribution in [0.25, 0.3) is 0 Å². The molecule has 3 amide bonds. The van der Waals surface area contributed by atoms with Crippen molar-refractivity contribution in [3.63, 3.8) is 0 Å². The first-order valence-electron chi connectivity index (χ1n) is 17.5. The Morgan fingerprint density at radius 1 is 0.889 bits per heavy atom. The summed E-state index contributed by atoms with van der Waals surface area (Å²) >= 11 is 0. The minimum Gasteiger partial charge on any atom is -0.497 e. The Bertz CT molecular complexity index is 2150. The molecular formula is C41H42N6O7. The number of hydrogen-bond acceptors (Lipinski definition) is 9. The van der Waals surface area contributed by atoms with Crippen LogP contribution in [0.15, 0.2) is 109 Å². The van der Waals surface area contributed by atoms with Crippen LogP contribution in [0.3, 0.4) is 0 Å². The maximum absolute atomic E-state index is 14.4. The highest BCUT2D eigenvalue weighted by Gasteiger charge is 2.52. The van der Waals surface area contributed by atoms with Crippen molar-refractivity contribution in [1.29, 1.82) is 0 Å². The van der Waals surface area contributed by atoms with E-state index in [0.717, 1.165) is 5.56 Å². The molecular weight excluding hydrogens is 688 g/mol. The van der Waals surface area contributed by atoms with Gasteiger partial charge in [0, 0.05) is 59.8 Å². The van der Waals surface area contributed by atoms with E-state index in [9.17, 15) is 19.5 Å². The summed E-state index contributed by atoms with van der Waals surface area (Å²) in [6, 6.07) is 25.7. The number of carbonyl (C=O) groups excluding carboxylic acids is 3. The van der Waals surface area contributed by atoms with Gasteiger partial charge in [-0.05, 0) is 90.8 Å². The van der Waals surface area contributed by atoms with Crippen molar-refractivity contribution in [1.82, 2.24) is 15.0 Å². The molecule has 0 bridgehead atoms. The van der Waals surface area contributed by atoms with Gasteiger partial charge in [0.15, 0.2) is 5.60 Å². The van der Waals surface area contributed by atoms with Gasteiger partial charge >= 0.3 is 0 Å². The fraction of sp³-hybridized carbons (Fsp3) is 0.244. The molecule has 0 saturated carbocycles. The number of amides is 3. The molecule has 13 nitrogen and oxygen atoms in total. The molecule has 0 unspecified atom stereocenters. The summed E-state index contributed by atoms with van der Waals surface area (Å²) in [5, 5.41) is 35.5. The van der Waals surface area contributed by atoms with Gasteiger partial charge in [-0.3, -0.25) is 19.1 Å². The fourth-order valence-corrected chi connectivity index (χ4v) is 6.33. The number of nitrogens with zero attached hydrogens (tertiary/aromatic N) is 4. The highest BCUT2D eigenvalue weighted by atomic mass is 16.5. The van der Waals surface area contributed by atoms with Crippen LogP contribution >= 0.6 is 0 Å². The Labute approximate surface area is 312 Å². The van der Waals surface area contributed by atoms with Gasteiger partial charge in [0.1, 0.15) is 11.5 Å². The normalized spacial score (nSPS) is 15.6.